The van der Waals surface area contributed by atoms with Crippen molar-refractivity contribution in [1.29, 1.82) is 0 Å². The number of hydrogen-bond acceptors (Lipinski definition) is 2. The number of carboxylic acids is 1. The fourth-order valence-corrected chi connectivity index (χ4v) is 2.68. The Morgan fingerprint density at radius 2 is 1.89 bits per heavy atom. The van der Waals surface area contributed by atoms with Crippen molar-refractivity contribution in [3.63, 3.8) is 0 Å². The molecule has 2 rings (SSSR count). The summed E-state index contributed by atoms with van der Waals surface area (Å²) in [5.74, 6) is -1.23. The molecular weight excluding hydrogens is 310 g/mol. The lowest BCUT2D eigenvalue weighted by Gasteiger charge is -2.27. The van der Waals surface area contributed by atoms with Crippen LogP contribution >= 0.6 is 15.9 Å². The zero-order valence-corrected chi connectivity index (χ0v) is 12.0. The van der Waals surface area contributed by atoms with Gasteiger partial charge in [0.15, 0.2) is 0 Å². The molecule has 0 heterocycles. The molecule has 1 aliphatic carbocycles. The van der Waals surface area contributed by atoms with Crippen LogP contribution in [0.1, 0.15) is 36.0 Å². The van der Waals surface area contributed by atoms with E-state index in [0.29, 0.717) is 18.4 Å². The van der Waals surface area contributed by atoms with Gasteiger partial charge in [-0.3, -0.25) is 9.59 Å². The van der Waals surface area contributed by atoms with Crippen LogP contribution in [0.25, 0.3) is 0 Å². The Morgan fingerprint density at radius 3 is 2.53 bits per heavy atom. The number of carbonyl (C=O) groups is 2. The second kappa shape index (κ2) is 6.19. The maximum atomic E-state index is 12.0. The van der Waals surface area contributed by atoms with Gasteiger partial charge >= 0.3 is 5.97 Å². The van der Waals surface area contributed by atoms with Gasteiger partial charge in [0, 0.05) is 16.1 Å². The summed E-state index contributed by atoms with van der Waals surface area (Å²) >= 11 is 3.32. The van der Waals surface area contributed by atoms with Crippen molar-refractivity contribution in [2.24, 2.45) is 5.92 Å². The predicted octanol–water partition coefficient (Wildman–Crippen LogP) is 2.82. The summed E-state index contributed by atoms with van der Waals surface area (Å²) in [4.78, 5) is 23.0. The molecule has 1 aromatic carbocycles. The maximum Gasteiger partial charge on any atom is 0.306 e. The molecule has 2 atom stereocenters. The Bertz CT molecular complexity index is 472. The molecule has 0 spiro atoms. The Kier molecular flexibility index (Phi) is 4.58. The zero-order chi connectivity index (χ0) is 13.8. The Hall–Kier alpha value is -1.36. The van der Waals surface area contributed by atoms with E-state index in [4.69, 9.17) is 5.11 Å². The summed E-state index contributed by atoms with van der Waals surface area (Å²) in [7, 11) is 0. The second-order valence-corrected chi connectivity index (χ2v) is 5.79. The van der Waals surface area contributed by atoms with Crippen molar-refractivity contribution in [3.05, 3.63) is 34.3 Å². The molecular formula is C14H16BrNO3. The quantitative estimate of drug-likeness (QED) is 0.898. The Balaban J connectivity index is 1.95. The smallest absolute Gasteiger partial charge is 0.306 e. The first-order valence-electron chi connectivity index (χ1n) is 6.35. The molecule has 1 aromatic rings. The van der Waals surface area contributed by atoms with Crippen LogP contribution in [0, 0.1) is 5.92 Å². The minimum Gasteiger partial charge on any atom is -0.481 e. The number of amides is 1. The molecule has 1 fully saturated rings. The molecule has 2 unspecified atom stereocenters. The van der Waals surface area contributed by atoms with E-state index in [9.17, 15) is 9.59 Å². The van der Waals surface area contributed by atoms with Crippen LogP contribution in [0.3, 0.4) is 0 Å². The lowest BCUT2D eigenvalue weighted by Crippen LogP contribution is -2.39. The van der Waals surface area contributed by atoms with Crippen molar-refractivity contribution in [1.82, 2.24) is 5.32 Å². The fourth-order valence-electron chi connectivity index (χ4n) is 2.42. The highest BCUT2D eigenvalue weighted by molar-refractivity contribution is 9.10. The van der Waals surface area contributed by atoms with Gasteiger partial charge in [0.05, 0.1) is 5.92 Å². The van der Waals surface area contributed by atoms with E-state index in [-0.39, 0.29) is 17.9 Å². The van der Waals surface area contributed by atoms with Gasteiger partial charge < -0.3 is 10.4 Å². The molecule has 0 saturated heterocycles. The number of halogens is 1. The monoisotopic (exact) mass is 325 g/mol. The van der Waals surface area contributed by atoms with Gasteiger partial charge in [0.1, 0.15) is 0 Å². The average Bonchev–Trinajstić information content (AvgIpc) is 2.39. The van der Waals surface area contributed by atoms with E-state index < -0.39 is 5.97 Å². The largest absolute Gasteiger partial charge is 0.481 e. The molecule has 1 amide bonds. The zero-order valence-electron chi connectivity index (χ0n) is 10.4. The number of benzene rings is 1. The van der Waals surface area contributed by atoms with Crippen LogP contribution in [0.4, 0.5) is 0 Å². The van der Waals surface area contributed by atoms with Crippen LogP contribution in [0.5, 0.6) is 0 Å². The van der Waals surface area contributed by atoms with Gasteiger partial charge in [0.2, 0.25) is 0 Å². The third-order valence-corrected chi connectivity index (χ3v) is 3.99. The summed E-state index contributed by atoms with van der Waals surface area (Å²) in [6.07, 6.45) is 2.94. The fraction of sp³-hybridized carbons (Fsp3) is 0.429. The van der Waals surface area contributed by atoms with Crippen molar-refractivity contribution in [2.45, 2.75) is 31.7 Å². The van der Waals surface area contributed by atoms with Gasteiger partial charge in [-0.15, -0.1) is 0 Å². The van der Waals surface area contributed by atoms with Gasteiger partial charge in [0.25, 0.3) is 5.91 Å². The molecule has 0 aromatic heterocycles. The van der Waals surface area contributed by atoms with Crippen LogP contribution in [0.15, 0.2) is 28.7 Å². The standard InChI is InChI=1S/C14H16BrNO3/c15-11-6-4-9(5-7-11)13(17)16-12-3-1-2-10(8-12)14(18)19/h4-7,10,12H,1-3,8H2,(H,16,17)(H,18,19). The van der Waals surface area contributed by atoms with E-state index in [1.807, 2.05) is 12.1 Å². The Morgan fingerprint density at radius 1 is 1.21 bits per heavy atom. The predicted molar refractivity (Wildman–Crippen MR) is 75.0 cm³/mol. The SMILES string of the molecule is O=C(NC1CCCC(C(=O)O)C1)c1ccc(Br)cc1. The summed E-state index contributed by atoms with van der Waals surface area (Å²) in [5.41, 5.74) is 0.598. The molecule has 0 radical (unpaired) electrons. The van der Waals surface area contributed by atoms with Crippen molar-refractivity contribution in [2.75, 3.05) is 0 Å². The van der Waals surface area contributed by atoms with Gasteiger partial charge in [-0.2, -0.15) is 0 Å². The lowest BCUT2D eigenvalue weighted by molar-refractivity contribution is -0.143. The highest BCUT2D eigenvalue weighted by Gasteiger charge is 2.27. The highest BCUT2D eigenvalue weighted by Crippen LogP contribution is 2.24. The van der Waals surface area contributed by atoms with Gasteiger partial charge in [-0.1, -0.05) is 22.4 Å². The van der Waals surface area contributed by atoms with Crippen molar-refractivity contribution >= 4 is 27.8 Å². The third-order valence-electron chi connectivity index (χ3n) is 3.47. The second-order valence-electron chi connectivity index (χ2n) is 4.88. The highest BCUT2D eigenvalue weighted by atomic mass is 79.9. The molecule has 4 nitrogen and oxygen atoms in total. The van der Waals surface area contributed by atoms with E-state index in [1.165, 1.54) is 0 Å². The summed E-state index contributed by atoms with van der Waals surface area (Å²) in [5, 5.41) is 11.9. The van der Waals surface area contributed by atoms with E-state index in [0.717, 1.165) is 17.3 Å². The van der Waals surface area contributed by atoms with E-state index in [2.05, 4.69) is 21.2 Å². The molecule has 0 aliphatic heterocycles. The van der Waals surface area contributed by atoms with Gasteiger partial charge in [-0.25, -0.2) is 0 Å². The number of rotatable bonds is 3. The summed E-state index contributed by atoms with van der Waals surface area (Å²) < 4.78 is 0.924. The van der Waals surface area contributed by atoms with Crippen molar-refractivity contribution < 1.29 is 14.7 Å². The molecule has 5 heteroatoms. The lowest BCUT2D eigenvalue weighted by atomic mass is 9.85. The first-order valence-corrected chi connectivity index (χ1v) is 7.15. The number of hydrogen-bond donors (Lipinski definition) is 2. The molecule has 0 bridgehead atoms. The topological polar surface area (TPSA) is 66.4 Å². The normalized spacial score (nSPS) is 22.8. The van der Waals surface area contributed by atoms with Gasteiger partial charge in [-0.05, 0) is 43.5 Å². The third kappa shape index (κ3) is 3.80. The molecule has 2 N–H and O–H groups in total. The number of carboxylic acid groups (broad SMARTS) is 1. The number of nitrogens with one attached hydrogen (secondary N) is 1. The first-order chi connectivity index (χ1) is 9.06. The first kappa shape index (κ1) is 14.1. The summed E-state index contributed by atoms with van der Waals surface area (Å²) in [6.45, 7) is 0. The Labute approximate surface area is 120 Å². The van der Waals surface area contributed by atoms with Crippen LogP contribution in [-0.4, -0.2) is 23.0 Å². The minimum atomic E-state index is -0.761. The van der Waals surface area contributed by atoms with E-state index >= 15 is 0 Å². The number of carbonyl (C=O) groups excluding carboxylic acids is 1. The molecule has 1 saturated carbocycles. The minimum absolute atomic E-state index is 0.0361. The molecule has 1 aliphatic rings. The van der Waals surface area contributed by atoms with Crippen LogP contribution in [-0.2, 0) is 4.79 Å². The van der Waals surface area contributed by atoms with Crippen LogP contribution in [0.2, 0.25) is 0 Å². The van der Waals surface area contributed by atoms with Crippen LogP contribution < -0.4 is 5.32 Å². The molecule has 19 heavy (non-hydrogen) atoms. The molecule has 102 valence electrons. The number of aliphatic carboxylic acids is 1. The van der Waals surface area contributed by atoms with E-state index in [1.54, 1.807) is 12.1 Å². The summed E-state index contributed by atoms with van der Waals surface area (Å²) in [6, 6.07) is 7.09. The average molecular weight is 326 g/mol. The van der Waals surface area contributed by atoms with Crippen molar-refractivity contribution in [3.8, 4) is 0 Å². The maximum absolute atomic E-state index is 12.0.